The summed E-state index contributed by atoms with van der Waals surface area (Å²) in [6.45, 7) is 2.97. The number of nitrogens with zero attached hydrogens (tertiary/aromatic N) is 1. The number of nitrogens with one attached hydrogen (secondary N) is 1. The Morgan fingerprint density at radius 2 is 2.19 bits per heavy atom. The lowest BCUT2D eigenvalue weighted by molar-refractivity contribution is -0.324. The van der Waals surface area contributed by atoms with Crippen LogP contribution in [0.4, 0.5) is 4.39 Å². The zero-order valence-corrected chi connectivity index (χ0v) is 11.5. The first-order valence-corrected chi connectivity index (χ1v) is 6.35. The first-order valence-electron chi connectivity index (χ1n) is 6.35. The molecule has 0 bridgehead atoms. The number of hydrogen-bond acceptors (Lipinski definition) is 6. The van der Waals surface area contributed by atoms with Crippen molar-refractivity contribution < 1.29 is 24.1 Å². The van der Waals surface area contributed by atoms with Gasteiger partial charge in [0.1, 0.15) is 18.3 Å². The number of H-pyrrole nitrogens is 1. The Bertz CT molecular complexity index is 612. The van der Waals surface area contributed by atoms with Gasteiger partial charge in [-0.3, -0.25) is 14.3 Å². The molecule has 4 atom stereocenters. The lowest BCUT2D eigenvalue weighted by Gasteiger charge is -2.41. The van der Waals surface area contributed by atoms with Gasteiger partial charge in [-0.15, -0.1) is 0 Å². The van der Waals surface area contributed by atoms with Crippen LogP contribution in [-0.2, 0) is 9.47 Å². The van der Waals surface area contributed by atoms with Crippen LogP contribution in [0.5, 0.6) is 0 Å². The van der Waals surface area contributed by atoms with Crippen LogP contribution < -0.4 is 11.2 Å². The maximum absolute atomic E-state index is 14.3. The zero-order chi connectivity index (χ0) is 15.8. The van der Waals surface area contributed by atoms with Gasteiger partial charge in [0.05, 0.1) is 6.61 Å². The molecule has 1 aromatic rings. The second-order valence-corrected chi connectivity index (χ2v) is 5.24. The van der Waals surface area contributed by atoms with Gasteiger partial charge in [0, 0.05) is 12.3 Å². The summed E-state index contributed by atoms with van der Waals surface area (Å²) in [6.07, 6.45) is -5.60. The summed E-state index contributed by atoms with van der Waals surface area (Å²) in [7, 11) is 0. The number of aromatic amines is 1. The Morgan fingerprint density at radius 1 is 1.52 bits per heavy atom. The van der Waals surface area contributed by atoms with Crippen molar-refractivity contribution in [3.8, 4) is 0 Å². The molecule has 0 radical (unpaired) electrons. The molecule has 21 heavy (non-hydrogen) atoms. The van der Waals surface area contributed by atoms with Crippen LogP contribution in [0, 0.1) is 0 Å². The van der Waals surface area contributed by atoms with E-state index in [0.717, 1.165) is 12.3 Å². The predicted octanol–water partition coefficient (Wildman–Crippen LogP) is -1.12. The SMILES string of the molecule is CC1(C)OC[C@@H](O)[C@H]([C@@H](O)[C@H](F)n2ccc(=O)[nH]c2=O)O1. The number of aliphatic hydroxyl groups excluding tert-OH is 2. The van der Waals surface area contributed by atoms with E-state index in [9.17, 15) is 24.2 Å². The zero-order valence-electron chi connectivity index (χ0n) is 11.5. The third-order valence-corrected chi connectivity index (χ3v) is 3.14. The quantitative estimate of drug-likeness (QED) is 0.652. The lowest BCUT2D eigenvalue weighted by Crippen LogP contribution is -2.55. The monoisotopic (exact) mass is 304 g/mol. The minimum atomic E-state index is -2.19. The van der Waals surface area contributed by atoms with E-state index >= 15 is 0 Å². The molecule has 0 aliphatic carbocycles. The number of ether oxygens (including phenoxy) is 2. The average molecular weight is 304 g/mol. The van der Waals surface area contributed by atoms with Crippen molar-refractivity contribution in [2.75, 3.05) is 6.61 Å². The first-order chi connectivity index (χ1) is 9.71. The highest BCUT2D eigenvalue weighted by Gasteiger charge is 2.43. The van der Waals surface area contributed by atoms with Gasteiger partial charge in [-0.05, 0) is 13.8 Å². The Hall–Kier alpha value is -1.55. The van der Waals surface area contributed by atoms with Crippen LogP contribution in [0.25, 0.3) is 0 Å². The van der Waals surface area contributed by atoms with Crippen LogP contribution >= 0.6 is 0 Å². The predicted molar refractivity (Wildman–Crippen MR) is 68.4 cm³/mol. The van der Waals surface area contributed by atoms with E-state index in [1.165, 1.54) is 0 Å². The summed E-state index contributed by atoms with van der Waals surface area (Å²) in [4.78, 5) is 24.3. The maximum atomic E-state index is 14.3. The molecular weight excluding hydrogens is 287 g/mol. The summed E-state index contributed by atoms with van der Waals surface area (Å²) >= 11 is 0. The Labute approximate surface area is 118 Å². The molecule has 0 saturated carbocycles. The fourth-order valence-corrected chi connectivity index (χ4v) is 2.06. The fraction of sp³-hybridized carbons (Fsp3) is 0.667. The van der Waals surface area contributed by atoms with Gasteiger partial charge >= 0.3 is 5.69 Å². The second kappa shape index (κ2) is 5.68. The Kier molecular flexibility index (Phi) is 4.28. The fourth-order valence-electron chi connectivity index (χ4n) is 2.06. The number of aromatic nitrogens is 2. The molecule has 0 spiro atoms. The van der Waals surface area contributed by atoms with Crippen molar-refractivity contribution in [3.05, 3.63) is 33.1 Å². The molecule has 1 aliphatic rings. The molecule has 9 heteroatoms. The smallest absolute Gasteiger partial charge is 0.330 e. The molecule has 118 valence electrons. The Balaban J connectivity index is 2.23. The molecule has 0 unspecified atom stereocenters. The van der Waals surface area contributed by atoms with E-state index < -0.39 is 41.6 Å². The van der Waals surface area contributed by atoms with Gasteiger partial charge in [0.2, 0.25) is 6.30 Å². The first kappa shape index (κ1) is 15.8. The van der Waals surface area contributed by atoms with Crippen LogP contribution in [0.2, 0.25) is 0 Å². The third-order valence-electron chi connectivity index (χ3n) is 3.14. The lowest BCUT2D eigenvalue weighted by atomic mass is 10.1. The van der Waals surface area contributed by atoms with Gasteiger partial charge in [-0.1, -0.05) is 0 Å². The summed E-state index contributed by atoms with van der Waals surface area (Å²) in [5.41, 5.74) is -1.68. The van der Waals surface area contributed by atoms with Crippen molar-refractivity contribution in [2.24, 2.45) is 0 Å². The highest BCUT2D eigenvalue weighted by atomic mass is 19.1. The number of rotatable bonds is 3. The summed E-state index contributed by atoms with van der Waals surface area (Å²) in [6, 6.07) is 0.950. The Morgan fingerprint density at radius 3 is 2.81 bits per heavy atom. The third kappa shape index (κ3) is 3.38. The summed E-state index contributed by atoms with van der Waals surface area (Å²) in [5, 5.41) is 19.8. The van der Waals surface area contributed by atoms with E-state index in [-0.39, 0.29) is 6.61 Å². The summed E-state index contributed by atoms with van der Waals surface area (Å²) in [5.74, 6) is -1.10. The molecule has 1 saturated heterocycles. The standard InChI is InChI=1S/C12H17FN2O6/c1-12(2)20-5-6(16)9(21-12)8(18)10(13)15-4-3-7(17)14-11(15)19/h3-4,6,8-10,16,18H,5H2,1-2H3,(H,14,17,19)/t6-,8-,9-,10-/m1/s1. The molecule has 3 N–H and O–H groups in total. The maximum Gasteiger partial charge on any atom is 0.330 e. The van der Waals surface area contributed by atoms with Gasteiger partial charge in [0.15, 0.2) is 5.79 Å². The van der Waals surface area contributed by atoms with Crippen molar-refractivity contribution >= 4 is 0 Å². The molecule has 0 amide bonds. The van der Waals surface area contributed by atoms with Crippen molar-refractivity contribution in [3.63, 3.8) is 0 Å². The van der Waals surface area contributed by atoms with Gasteiger partial charge in [-0.25, -0.2) is 9.18 Å². The van der Waals surface area contributed by atoms with Crippen molar-refractivity contribution in [1.29, 1.82) is 0 Å². The van der Waals surface area contributed by atoms with E-state index in [1.807, 2.05) is 4.98 Å². The molecular formula is C12H17FN2O6. The molecule has 2 heterocycles. The minimum absolute atomic E-state index is 0.137. The van der Waals surface area contributed by atoms with Crippen LogP contribution in [0.3, 0.4) is 0 Å². The van der Waals surface area contributed by atoms with Crippen molar-refractivity contribution in [2.45, 2.75) is 44.2 Å². The number of alkyl halides is 1. The highest BCUT2D eigenvalue weighted by molar-refractivity contribution is 4.90. The van der Waals surface area contributed by atoms with E-state index in [2.05, 4.69) is 0 Å². The molecule has 2 rings (SSSR count). The van der Waals surface area contributed by atoms with E-state index in [1.54, 1.807) is 13.8 Å². The highest BCUT2D eigenvalue weighted by Crippen LogP contribution is 2.28. The normalized spacial score (nSPS) is 28.0. The topological polar surface area (TPSA) is 114 Å². The van der Waals surface area contributed by atoms with Crippen LogP contribution in [0.15, 0.2) is 21.9 Å². The summed E-state index contributed by atoms with van der Waals surface area (Å²) < 4.78 is 25.3. The molecule has 1 aromatic heterocycles. The van der Waals surface area contributed by atoms with E-state index in [0.29, 0.717) is 4.57 Å². The molecule has 1 fully saturated rings. The van der Waals surface area contributed by atoms with Gasteiger partial charge in [0.25, 0.3) is 5.56 Å². The average Bonchev–Trinajstić information content (AvgIpc) is 2.40. The van der Waals surface area contributed by atoms with Gasteiger partial charge < -0.3 is 19.7 Å². The number of halogens is 1. The van der Waals surface area contributed by atoms with Gasteiger partial charge in [-0.2, -0.15) is 0 Å². The second-order valence-electron chi connectivity index (χ2n) is 5.24. The molecule has 0 aromatic carbocycles. The van der Waals surface area contributed by atoms with E-state index in [4.69, 9.17) is 9.47 Å². The van der Waals surface area contributed by atoms with Crippen LogP contribution in [0.1, 0.15) is 20.1 Å². The van der Waals surface area contributed by atoms with Crippen molar-refractivity contribution in [1.82, 2.24) is 9.55 Å². The molecule has 8 nitrogen and oxygen atoms in total. The minimum Gasteiger partial charge on any atom is -0.388 e. The number of aliphatic hydroxyl groups is 2. The van der Waals surface area contributed by atoms with Crippen LogP contribution in [-0.4, -0.2) is 50.5 Å². The number of hydrogen-bond donors (Lipinski definition) is 3. The largest absolute Gasteiger partial charge is 0.388 e. The molecule has 1 aliphatic heterocycles.